The van der Waals surface area contributed by atoms with E-state index in [-0.39, 0.29) is 11.6 Å². The lowest BCUT2D eigenvalue weighted by atomic mass is 9.96. The zero-order valence-corrected chi connectivity index (χ0v) is 15.5. The highest BCUT2D eigenvalue weighted by Gasteiger charge is 2.14. The van der Waals surface area contributed by atoms with E-state index in [2.05, 4.69) is 41.5 Å². The van der Waals surface area contributed by atoms with Gasteiger partial charge in [-0.1, -0.05) is 54.6 Å². The number of H-pyrrole nitrogens is 1. The van der Waals surface area contributed by atoms with Gasteiger partial charge in [0, 0.05) is 22.8 Å². The highest BCUT2D eigenvalue weighted by Crippen LogP contribution is 2.29. The number of hydrogen-bond donors (Lipinski definition) is 2. The average molecular weight is 354 g/mol. The number of aromatic amines is 1. The summed E-state index contributed by atoms with van der Waals surface area (Å²) in [4.78, 5) is 15.8. The Labute approximate surface area is 158 Å². The fourth-order valence-electron chi connectivity index (χ4n) is 3.54. The summed E-state index contributed by atoms with van der Waals surface area (Å²) in [6.45, 7) is 4.16. The molecule has 3 heteroatoms. The van der Waals surface area contributed by atoms with Crippen molar-refractivity contribution in [2.75, 3.05) is 5.32 Å². The lowest BCUT2D eigenvalue weighted by molar-refractivity contribution is 0.892. The minimum atomic E-state index is -0.0526. The van der Waals surface area contributed by atoms with Gasteiger partial charge in [-0.25, -0.2) is 0 Å². The van der Waals surface area contributed by atoms with E-state index >= 15 is 0 Å². The maximum Gasteiger partial charge on any atom is 0.256 e. The zero-order valence-electron chi connectivity index (χ0n) is 15.5. The van der Waals surface area contributed by atoms with E-state index < -0.39 is 0 Å². The van der Waals surface area contributed by atoms with Crippen molar-refractivity contribution >= 4 is 16.5 Å². The Kier molecular flexibility index (Phi) is 4.51. The number of para-hydroxylation sites is 1. The molecule has 0 aliphatic rings. The number of rotatable bonds is 4. The van der Waals surface area contributed by atoms with E-state index in [1.54, 1.807) is 0 Å². The van der Waals surface area contributed by atoms with Crippen LogP contribution >= 0.6 is 0 Å². The summed E-state index contributed by atoms with van der Waals surface area (Å²) in [5, 5.41) is 5.26. The van der Waals surface area contributed by atoms with Crippen molar-refractivity contribution in [1.29, 1.82) is 0 Å². The molecule has 0 spiro atoms. The molecule has 134 valence electrons. The van der Waals surface area contributed by atoms with Crippen LogP contribution in [0.15, 0.2) is 83.7 Å². The van der Waals surface area contributed by atoms with Crippen molar-refractivity contribution in [2.24, 2.45) is 0 Å². The molecule has 0 amide bonds. The monoisotopic (exact) mass is 354 g/mol. The average Bonchev–Trinajstić information content (AvgIpc) is 2.69. The fraction of sp³-hybridized carbons (Fsp3) is 0.125. The number of aromatic nitrogens is 1. The van der Waals surface area contributed by atoms with Crippen molar-refractivity contribution in [3.8, 4) is 11.3 Å². The van der Waals surface area contributed by atoms with Gasteiger partial charge >= 0.3 is 0 Å². The molecule has 1 aromatic heterocycles. The predicted molar refractivity (Wildman–Crippen MR) is 113 cm³/mol. The molecule has 3 aromatic carbocycles. The number of anilines is 1. The van der Waals surface area contributed by atoms with Gasteiger partial charge in [-0.2, -0.15) is 0 Å². The molecular formula is C24H22N2O. The summed E-state index contributed by atoms with van der Waals surface area (Å²) >= 11 is 0. The van der Waals surface area contributed by atoms with Crippen LogP contribution < -0.4 is 10.9 Å². The van der Waals surface area contributed by atoms with Gasteiger partial charge in [0.1, 0.15) is 0 Å². The first-order valence-electron chi connectivity index (χ1n) is 9.16. The Morgan fingerprint density at radius 1 is 0.852 bits per heavy atom. The van der Waals surface area contributed by atoms with Crippen LogP contribution in [-0.4, -0.2) is 4.98 Å². The van der Waals surface area contributed by atoms with Crippen LogP contribution in [0.3, 0.4) is 0 Å². The lowest BCUT2D eigenvalue weighted by Gasteiger charge is -2.19. The molecule has 1 unspecified atom stereocenters. The topological polar surface area (TPSA) is 44.9 Å². The third kappa shape index (κ3) is 3.49. The van der Waals surface area contributed by atoms with Crippen molar-refractivity contribution in [3.05, 3.63) is 100 Å². The van der Waals surface area contributed by atoms with E-state index in [1.165, 1.54) is 0 Å². The molecule has 0 saturated carbocycles. The molecule has 27 heavy (non-hydrogen) atoms. The zero-order chi connectivity index (χ0) is 18.8. The lowest BCUT2D eigenvalue weighted by Crippen LogP contribution is -2.12. The van der Waals surface area contributed by atoms with Crippen molar-refractivity contribution in [2.45, 2.75) is 19.9 Å². The molecule has 0 aliphatic carbocycles. The quantitative estimate of drug-likeness (QED) is 0.495. The predicted octanol–water partition coefficient (Wildman–Crippen LogP) is 5.68. The summed E-state index contributed by atoms with van der Waals surface area (Å²) in [7, 11) is 0. The smallest absolute Gasteiger partial charge is 0.256 e. The molecular weight excluding hydrogens is 332 g/mol. The Morgan fingerprint density at radius 2 is 1.52 bits per heavy atom. The normalized spacial score (nSPS) is 12.1. The number of pyridine rings is 1. The van der Waals surface area contributed by atoms with Crippen LogP contribution in [0.4, 0.5) is 5.69 Å². The van der Waals surface area contributed by atoms with Gasteiger partial charge < -0.3 is 10.3 Å². The molecule has 2 N–H and O–H groups in total. The van der Waals surface area contributed by atoms with Crippen molar-refractivity contribution < 1.29 is 0 Å². The van der Waals surface area contributed by atoms with Gasteiger partial charge in [0.15, 0.2) is 0 Å². The Hall–Kier alpha value is -3.33. The third-order valence-electron chi connectivity index (χ3n) is 4.85. The molecule has 4 aromatic rings. The molecule has 1 atom stereocenters. The Morgan fingerprint density at radius 3 is 2.22 bits per heavy atom. The molecule has 0 saturated heterocycles. The van der Waals surface area contributed by atoms with E-state index in [4.69, 9.17) is 0 Å². The van der Waals surface area contributed by atoms with Crippen LogP contribution in [0.5, 0.6) is 0 Å². The highest BCUT2D eigenvalue weighted by molar-refractivity contribution is 5.89. The summed E-state index contributed by atoms with van der Waals surface area (Å²) in [6.07, 6.45) is 0. The number of nitrogens with one attached hydrogen (secondary N) is 2. The highest BCUT2D eigenvalue weighted by atomic mass is 16.1. The molecule has 0 bridgehead atoms. The minimum absolute atomic E-state index is 0.0526. The SMILES string of the molecule is Cc1cc(C(C)Nc2ccccc2)c2cc(-c3ccccc3)[nH]c(=O)c2c1. The van der Waals surface area contributed by atoms with Crippen molar-refractivity contribution in [1.82, 2.24) is 4.98 Å². The van der Waals surface area contributed by atoms with Crippen LogP contribution in [0, 0.1) is 6.92 Å². The minimum Gasteiger partial charge on any atom is -0.378 e. The largest absolute Gasteiger partial charge is 0.378 e. The Bertz CT molecular complexity index is 1130. The van der Waals surface area contributed by atoms with Gasteiger partial charge in [0.2, 0.25) is 0 Å². The van der Waals surface area contributed by atoms with Crippen LogP contribution in [-0.2, 0) is 0 Å². The second-order valence-corrected chi connectivity index (χ2v) is 6.93. The maximum absolute atomic E-state index is 12.8. The molecule has 0 aliphatic heterocycles. The molecule has 3 nitrogen and oxygen atoms in total. The standard InChI is InChI=1S/C24H22N2O/c1-16-13-20(17(2)25-19-11-7-4-8-12-19)21-15-23(18-9-5-3-6-10-18)26-24(27)22(21)14-16/h3-15,17,25H,1-2H3,(H,26,27). The summed E-state index contributed by atoms with van der Waals surface area (Å²) in [5.41, 5.74) is 5.06. The first-order valence-corrected chi connectivity index (χ1v) is 9.16. The van der Waals surface area contributed by atoms with E-state index in [0.29, 0.717) is 0 Å². The first-order chi connectivity index (χ1) is 13.1. The van der Waals surface area contributed by atoms with Gasteiger partial charge in [0.05, 0.1) is 0 Å². The van der Waals surface area contributed by atoms with E-state index in [0.717, 1.165) is 38.8 Å². The van der Waals surface area contributed by atoms with Crippen LogP contribution in [0.1, 0.15) is 24.1 Å². The first kappa shape index (κ1) is 17.1. The maximum atomic E-state index is 12.8. The summed E-state index contributed by atoms with van der Waals surface area (Å²) < 4.78 is 0. The second kappa shape index (κ2) is 7.12. The van der Waals surface area contributed by atoms with Crippen LogP contribution in [0.2, 0.25) is 0 Å². The molecule has 0 fully saturated rings. The summed E-state index contributed by atoms with van der Waals surface area (Å²) in [6, 6.07) is 26.4. The van der Waals surface area contributed by atoms with Gasteiger partial charge in [0.25, 0.3) is 5.56 Å². The van der Waals surface area contributed by atoms with Crippen molar-refractivity contribution in [3.63, 3.8) is 0 Å². The van der Waals surface area contributed by atoms with Gasteiger partial charge in [-0.05, 0) is 60.2 Å². The second-order valence-electron chi connectivity index (χ2n) is 6.93. The molecule has 0 radical (unpaired) electrons. The van der Waals surface area contributed by atoms with Gasteiger partial charge in [-0.3, -0.25) is 4.79 Å². The fourth-order valence-corrected chi connectivity index (χ4v) is 3.54. The van der Waals surface area contributed by atoms with E-state index in [1.807, 2.05) is 61.5 Å². The van der Waals surface area contributed by atoms with Crippen LogP contribution in [0.25, 0.3) is 22.0 Å². The molecule has 4 rings (SSSR count). The van der Waals surface area contributed by atoms with E-state index in [9.17, 15) is 4.79 Å². The Balaban J connectivity index is 1.86. The number of hydrogen-bond acceptors (Lipinski definition) is 2. The van der Waals surface area contributed by atoms with Gasteiger partial charge in [-0.15, -0.1) is 0 Å². The number of benzene rings is 3. The third-order valence-corrected chi connectivity index (χ3v) is 4.85. The molecule has 1 heterocycles. The number of aryl methyl sites for hydroxylation is 1. The number of fused-ring (bicyclic) bond motifs is 1. The summed E-state index contributed by atoms with van der Waals surface area (Å²) in [5.74, 6) is 0.